The number of allylic oxidation sites excluding steroid dienone is 1. The van der Waals surface area contributed by atoms with Gasteiger partial charge in [0, 0.05) is 6.04 Å². The van der Waals surface area contributed by atoms with E-state index in [9.17, 15) is 0 Å². The summed E-state index contributed by atoms with van der Waals surface area (Å²) >= 11 is 0. The van der Waals surface area contributed by atoms with E-state index in [0.717, 1.165) is 12.0 Å². The number of fused-ring (bicyclic) bond motifs is 1. The fourth-order valence-corrected chi connectivity index (χ4v) is 2.40. The van der Waals surface area contributed by atoms with Gasteiger partial charge >= 0.3 is 0 Å². The zero-order valence-corrected chi connectivity index (χ0v) is 6.56. The lowest BCUT2D eigenvalue weighted by Gasteiger charge is -2.15. The van der Waals surface area contributed by atoms with Crippen molar-refractivity contribution in [1.82, 2.24) is 5.32 Å². The Morgan fingerprint density at radius 2 is 2.40 bits per heavy atom. The van der Waals surface area contributed by atoms with Crippen molar-refractivity contribution in [3.05, 3.63) is 11.6 Å². The molecule has 1 nitrogen and oxygen atoms in total. The summed E-state index contributed by atoms with van der Waals surface area (Å²) in [5.41, 5.74) is 1.74. The van der Waals surface area contributed by atoms with Crippen LogP contribution in [0, 0.1) is 5.92 Å². The second kappa shape index (κ2) is 2.39. The molecule has 0 bridgehead atoms. The Bertz CT molecular complexity index is 160. The molecule has 2 rings (SSSR count). The Labute approximate surface area is 62.5 Å². The quantitative estimate of drug-likeness (QED) is 0.542. The molecule has 0 aliphatic heterocycles. The van der Waals surface area contributed by atoms with Gasteiger partial charge in [-0.05, 0) is 38.6 Å². The van der Waals surface area contributed by atoms with Crippen LogP contribution in [0.4, 0.5) is 0 Å². The van der Waals surface area contributed by atoms with Gasteiger partial charge in [0.25, 0.3) is 0 Å². The van der Waals surface area contributed by atoms with Gasteiger partial charge in [-0.15, -0.1) is 0 Å². The maximum absolute atomic E-state index is 3.39. The Balaban J connectivity index is 2.11. The highest BCUT2D eigenvalue weighted by Gasteiger charge is 2.32. The van der Waals surface area contributed by atoms with E-state index in [1.54, 1.807) is 5.57 Å². The molecule has 10 heavy (non-hydrogen) atoms. The minimum absolute atomic E-state index is 0.800. The van der Waals surface area contributed by atoms with E-state index >= 15 is 0 Å². The molecule has 0 spiro atoms. The lowest BCUT2D eigenvalue weighted by atomic mass is 10.0. The predicted octanol–water partition coefficient (Wildman–Crippen LogP) is 1.70. The van der Waals surface area contributed by atoms with Crippen molar-refractivity contribution in [1.29, 1.82) is 0 Å². The molecule has 0 aromatic heterocycles. The van der Waals surface area contributed by atoms with Crippen LogP contribution in [0.2, 0.25) is 0 Å². The first-order chi connectivity index (χ1) is 4.92. The van der Waals surface area contributed by atoms with Crippen molar-refractivity contribution >= 4 is 0 Å². The van der Waals surface area contributed by atoms with E-state index in [-0.39, 0.29) is 0 Å². The fourth-order valence-electron chi connectivity index (χ4n) is 2.40. The maximum atomic E-state index is 3.39. The van der Waals surface area contributed by atoms with E-state index < -0.39 is 0 Å². The molecular weight excluding hydrogens is 122 g/mol. The molecule has 56 valence electrons. The highest BCUT2D eigenvalue weighted by Crippen LogP contribution is 2.39. The van der Waals surface area contributed by atoms with Crippen molar-refractivity contribution in [2.45, 2.75) is 31.7 Å². The largest absolute Gasteiger partial charge is 0.316 e. The van der Waals surface area contributed by atoms with E-state index in [1.165, 1.54) is 25.7 Å². The van der Waals surface area contributed by atoms with Crippen LogP contribution in [0.5, 0.6) is 0 Å². The van der Waals surface area contributed by atoms with E-state index in [4.69, 9.17) is 0 Å². The van der Waals surface area contributed by atoms with Crippen LogP contribution >= 0.6 is 0 Å². The number of hydrogen-bond acceptors (Lipinski definition) is 1. The molecule has 2 unspecified atom stereocenters. The van der Waals surface area contributed by atoms with Crippen molar-refractivity contribution in [2.75, 3.05) is 7.05 Å². The van der Waals surface area contributed by atoms with E-state index in [1.807, 2.05) is 0 Å². The third-order valence-electron chi connectivity index (χ3n) is 2.96. The Morgan fingerprint density at radius 1 is 1.50 bits per heavy atom. The lowest BCUT2D eigenvalue weighted by molar-refractivity contribution is 0.453. The first kappa shape index (κ1) is 6.41. The van der Waals surface area contributed by atoms with Crippen molar-refractivity contribution < 1.29 is 0 Å². The van der Waals surface area contributed by atoms with Crippen LogP contribution in [0.1, 0.15) is 25.7 Å². The molecule has 0 saturated heterocycles. The summed E-state index contributed by atoms with van der Waals surface area (Å²) in [6, 6.07) is 0.800. The van der Waals surface area contributed by atoms with Crippen LogP contribution < -0.4 is 5.32 Å². The maximum Gasteiger partial charge on any atom is 0.0133 e. The Hall–Kier alpha value is -0.300. The smallest absolute Gasteiger partial charge is 0.0133 e. The molecule has 1 N–H and O–H groups in total. The minimum Gasteiger partial charge on any atom is -0.316 e. The zero-order chi connectivity index (χ0) is 6.97. The number of rotatable bonds is 1. The van der Waals surface area contributed by atoms with Crippen molar-refractivity contribution in [3.8, 4) is 0 Å². The van der Waals surface area contributed by atoms with Crippen LogP contribution in [0.25, 0.3) is 0 Å². The summed E-state index contributed by atoms with van der Waals surface area (Å²) in [4.78, 5) is 0. The molecule has 0 aromatic carbocycles. The van der Waals surface area contributed by atoms with Gasteiger partial charge in [-0.2, -0.15) is 0 Å². The summed E-state index contributed by atoms with van der Waals surface area (Å²) in [5.74, 6) is 0.907. The minimum atomic E-state index is 0.800. The molecule has 0 radical (unpaired) electrons. The third-order valence-corrected chi connectivity index (χ3v) is 2.96. The van der Waals surface area contributed by atoms with Gasteiger partial charge in [0.05, 0.1) is 0 Å². The van der Waals surface area contributed by atoms with Crippen LogP contribution in [0.3, 0.4) is 0 Å². The topological polar surface area (TPSA) is 12.0 Å². The van der Waals surface area contributed by atoms with Gasteiger partial charge < -0.3 is 5.32 Å². The molecule has 2 aliphatic rings. The van der Waals surface area contributed by atoms with Crippen LogP contribution in [0.15, 0.2) is 11.6 Å². The van der Waals surface area contributed by atoms with Gasteiger partial charge in [-0.3, -0.25) is 0 Å². The Morgan fingerprint density at radius 3 is 3.20 bits per heavy atom. The highest BCUT2D eigenvalue weighted by atomic mass is 14.9. The predicted molar refractivity (Wildman–Crippen MR) is 42.9 cm³/mol. The molecule has 2 aliphatic carbocycles. The average Bonchev–Trinajstić information content (AvgIpc) is 2.44. The van der Waals surface area contributed by atoms with Crippen molar-refractivity contribution in [2.24, 2.45) is 5.92 Å². The number of hydrogen-bond donors (Lipinski definition) is 1. The highest BCUT2D eigenvalue weighted by molar-refractivity contribution is 5.20. The average molecular weight is 137 g/mol. The summed E-state index contributed by atoms with van der Waals surface area (Å²) in [5, 5.41) is 3.39. The second-order valence-corrected chi connectivity index (χ2v) is 3.40. The summed E-state index contributed by atoms with van der Waals surface area (Å²) in [6.45, 7) is 0. The summed E-state index contributed by atoms with van der Waals surface area (Å²) in [7, 11) is 2.09. The lowest BCUT2D eigenvalue weighted by Crippen LogP contribution is -2.28. The van der Waals surface area contributed by atoms with Gasteiger partial charge in [0.1, 0.15) is 0 Å². The van der Waals surface area contributed by atoms with Crippen molar-refractivity contribution in [3.63, 3.8) is 0 Å². The monoisotopic (exact) mass is 137 g/mol. The van der Waals surface area contributed by atoms with E-state index in [2.05, 4.69) is 18.4 Å². The molecular formula is C9H15N. The van der Waals surface area contributed by atoms with Gasteiger partial charge in [-0.1, -0.05) is 11.6 Å². The molecule has 0 heterocycles. The molecule has 0 amide bonds. The van der Waals surface area contributed by atoms with Gasteiger partial charge in [0.2, 0.25) is 0 Å². The molecule has 1 saturated carbocycles. The van der Waals surface area contributed by atoms with E-state index in [0.29, 0.717) is 0 Å². The SMILES string of the molecule is CNC1CCC2=CCCC21. The van der Waals surface area contributed by atoms with Crippen LogP contribution in [-0.4, -0.2) is 13.1 Å². The molecule has 1 fully saturated rings. The normalized spacial score (nSPS) is 37.9. The Kier molecular flexibility index (Phi) is 1.53. The van der Waals surface area contributed by atoms with Gasteiger partial charge in [0.15, 0.2) is 0 Å². The zero-order valence-electron chi connectivity index (χ0n) is 6.56. The summed E-state index contributed by atoms with van der Waals surface area (Å²) < 4.78 is 0. The third kappa shape index (κ3) is 0.807. The first-order valence-electron chi connectivity index (χ1n) is 4.28. The second-order valence-electron chi connectivity index (χ2n) is 3.40. The standard InChI is InChI=1S/C9H15N/c1-10-9-6-5-7-3-2-4-8(7)9/h3,8-10H,2,4-6H2,1H3. The van der Waals surface area contributed by atoms with Gasteiger partial charge in [-0.25, -0.2) is 0 Å². The number of nitrogens with one attached hydrogen (secondary N) is 1. The first-order valence-corrected chi connectivity index (χ1v) is 4.28. The molecule has 1 heteroatoms. The van der Waals surface area contributed by atoms with Crippen LogP contribution in [-0.2, 0) is 0 Å². The molecule has 0 aromatic rings. The molecule has 2 atom stereocenters. The fraction of sp³-hybridized carbons (Fsp3) is 0.778. The summed E-state index contributed by atoms with van der Waals surface area (Å²) in [6.07, 6.45) is 7.91.